The molecule has 15 nitrogen and oxygen atoms in total. The van der Waals surface area contributed by atoms with Crippen LogP contribution in [0, 0.1) is 11.8 Å². The number of ether oxygens (including phenoxy) is 1. The molecule has 2 aliphatic rings. The maximum Gasteiger partial charge on any atom is 0.404 e. The largest absolute Gasteiger partial charge is 0.465 e. The molecule has 2 saturated carbocycles. The van der Waals surface area contributed by atoms with Crippen LogP contribution in [0.3, 0.4) is 0 Å². The first-order valence-corrected chi connectivity index (χ1v) is 17.4. The molecule has 2 aliphatic carbocycles. The summed E-state index contributed by atoms with van der Waals surface area (Å²) in [6.07, 6.45) is 16.4. The zero-order chi connectivity index (χ0) is 34.2. The summed E-state index contributed by atoms with van der Waals surface area (Å²) in [5.41, 5.74) is 6.28. The Balaban J connectivity index is 0.000000283. The SMILES string of the molecule is CC[C@@H]1C[C@H](O[C@H]2C[C@@H](CC)[C@@H](c3nnc4cnc5[nH]ccc5n34)C2)C[C@@H]1c1nnc2cnc3[nH]ccc3n12.O=C(O)NCc1ccncc1. The van der Waals surface area contributed by atoms with Gasteiger partial charge >= 0.3 is 6.09 Å². The van der Waals surface area contributed by atoms with Crippen molar-refractivity contribution in [2.24, 2.45) is 11.8 Å². The van der Waals surface area contributed by atoms with Crippen LogP contribution < -0.4 is 5.32 Å². The Morgan fingerprint density at radius 3 is 1.80 bits per heavy atom. The average Bonchev–Trinajstić information content (AvgIpc) is 3.98. The van der Waals surface area contributed by atoms with Crippen molar-refractivity contribution in [1.82, 2.24) is 59.4 Å². The molecule has 7 heterocycles. The monoisotopic (exact) mass is 676 g/mol. The van der Waals surface area contributed by atoms with Crippen LogP contribution in [0.5, 0.6) is 0 Å². The molecule has 9 rings (SSSR count). The summed E-state index contributed by atoms with van der Waals surface area (Å²) in [5.74, 6) is 3.71. The fourth-order valence-electron chi connectivity index (χ4n) is 8.13. The second-order valence-electron chi connectivity index (χ2n) is 13.3. The highest BCUT2D eigenvalue weighted by Gasteiger charge is 2.42. The number of aromatic nitrogens is 11. The summed E-state index contributed by atoms with van der Waals surface area (Å²) in [4.78, 5) is 29.3. The normalized spacial score (nSPS) is 23.6. The Kier molecular flexibility index (Phi) is 8.56. The number of carboxylic acid groups (broad SMARTS) is 1. The van der Waals surface area contributed by atoms with Crippen molar-refractivity contribution in [3.8, 4) is 0 Å². The number of hydrogen-bond acceptors (Lipinski definition) is 9. The van der Waals surface area contributed by atoms with Crippen molar-refractivity contribution in [3.63, 3.8) is 0 Å². The molecule has 4 N–H and O–H groups in total. The lowest BCUT2D eigenvalue weighted by atomic mass is 9.93. The molecule has 0 aliphatic heterocycles. The van der Waals surface area contributed by atoms with Gasteiger partial charge < -0.3 is 25.1 Å². The predicted octanol–water partition coefficient (Wildman–Crippen LogP) is 5.64. The number of carbonyl (C=O) groups is 1. The van der Waals surface area contributed by atoms with E-state index in [0.717, 1.165) is 89.4 Å². The minimum absolute atomic E-state index is 0.216. The van der Waals surface area contributed by atoms with Crippen LogP contribution in [0.2, 0.25) is 0 Å². The number of pyridine rings is 1. The standard InChI is InChI=1S/C28H32N10O.C7H8N2O2/c1-3-15-9-17(11-19(15)27-35-33-23-13-31-25-21(37(23)27)5-7-29-25)39-18-10-16(4-2)20(12-18)28-36-34-24-14-32-26-22(38(24)28)6-8-30-26;10-7(11)9-5-6-1-3-8-4-2-6/h5-8,13-20,29-30H,3-4,9-12H2,1-2H3;1-4,9H,5H2,(H,10,11)/t15-,16-,17+,18+,19+,20+;/m1./s1. The highest BCUT2D eigenvalue weighted by atomic mass is 16.5. The number of nitrogens with one attached hydrogen (secondary N) is 3. The van der Waals surface area contributed by atoms with Gasteiger partial charge in [-0.15, -0.1) is 20.4 Å². The molecule has 7 aromatic heterocycles. The van der Waals surface area contributed by atoms with Crippen molar-refractivity contribution in [3.05, 3.63) is 78.7 Å². The van der Waals surface area contributed by atoms with Crippen molar-refractivity contribution in [1.29, 1.82) is 0 Å². The summed E-state index contributed by atoms with van der Waals surface area (Å²) in [6, 6.07) is 7.63. The first-order chi connectivity index (χ1) is 24.5. The van der Waals surface area contributed by atoms with Crippen LogP contribution in [-0.2, 0) is 11.3 Å². The lowest BCUT2D eigenvalue weighted by molar-refractivity contribution is -0.00877. The number of amides is 1. The molecule has 0 radical (unpaired) electrons. The fraction of sp³-hybridized carbons (Fsp3) is 0.429. The van der Waals surface area contributed by atoms with Gasteiger partial charge in [0.05, 0.1) is 35.6 Å². The highest BCUT2D eigenvalue weighted by molar-refractivity contribution is 5.75. The van der Waals surface area contributed by atoms with Crippen molar-refractivity contribution < 1.29 is 14.6 Å². The lowest BCUT2D eigenvalue weighted by Crippen LogP contribution is -2.19. The van der Waals surface area contributed by atoms with Gasteiger partial charge in [0, 0.05) is 43.2 Å². The van der Waals surface area contributed by atoms with E-state index in [1.807, 2.05) is 12.4 Å². The van der Waals surface area contributed by atoms with Crippen LogP contribution in [0.1, 0.15) is 81.4 Å². The van der Waals surface area contributed by atoms with Crippen molar-refractivity contribution in [2.45, 2.75) is 83.0 Å². The number of rotatable bonds is 8. The van der Waals surface area contributed by atoms with E-state index in [9.17, 15) is 4.79 Å². The van der Waals surface area contributed by atoms with Gasteiger partial charge in [0.2, 0.25) is 0 Å². The summed E-state index contributed by atoms with van der Waals surface area (Å²) < 4.78 is 11.3. The molecule has 258 valence electrons. The number of nitrogens with zero attached hydrogens (tertiary/aromatic N) is 9. The van der Waals surface area contributed by atoms with Gasteiger partial charge in [-0.25, -0.2) is 14.8 Å². The Morgan fingerprint density at radius 1 is 0.800 bits per heavy atom. The molecule has 6 atom stereocenters. The van der Waals surface area contributed by atoms with Crippen molar-refractivity contribution >= 4 is 39.7 Å². The summed E-state index contributed by atoms with van der Waals surface area (Å²) >= 11 is 0. The Morgan fingerprint density at radius 2 is 1.32 bits per heavy atom. The summed E-state index contributed by atoms with van der Waals surface area (Å²) in [5, 5.41) is 28.8. The van der Waals surface area contributed by atoms with E-state index in [0.29, 0.717) is 30.2 Å². The zero-order valence-corrected chi connectivity index (χ0v) is 28.0. The van der Waals surface area contributed by atoms with Gasteiger partial charge in [-0.1, -0.05) is 26.7 Å². The van der Waals surface area contributed by atoms with Crippen LogP contribution in [0.15, 0.2) is 61.4 Å². The minimum atomic E-state index is -1.01. The lowest BCUT2D eigenvalue weighted by Gasteiger charge is -2.18. The molecule has 15 heteroatoms. The molecule has 50 heavy (non-hydrogen) atoms. The number of aromatic amines is 2. The molecular formula is C35H40N12O3. The molecule has 2 fully saturated rings. The van der Waals surface area contributed by atoms with Gasteiger partial charge in [-0.3, -0.25) is 13.8 Å². The smallest absolute Gasteiger partial charge is 0.404 e. The maximum atomic E-state index is 10.0. The molecule has 7 aromatic rings. The third-order valence-corrected chi connectivity index (χ3v) is 10.5. The van der Waals surface area contributed by atoms with E-state index in [1.165, 1.54) is 0 Å². The third-order valence-electron chi connectivity index (χ3n) is 10.5. The first kappa shape index (κ1) is 31.8. The molecule has 0 unspecified atom stereocenters. The fourth-order valence-corrected chi connectivity index (χ4v) is 8.13. The second kappa shape index (κ2) is 13.5. The van der Waals surface area contributed by atoms with Crippen LogP contribution >= 0.6 is 0 Å². The van der Waals surface area contributed by atoms with E-state index in [1.54, 1.807) is 36.9 Å². The number of hydrogen-bond donors (Lipinski definition) is 4. The predicted molar refractivity (Wildman–Crippen MR) is 185 cm³/mol. The minimum Gasteiger partial charge on any atom is -0.465 e. The number of H-pyrrole nitrogens is 2. The van der Waals surface area contributed by atoms with E-state index in [4.69, 9.17) is 9.84 Å². The second-order valence-corrected chi connectivity index (χ2v) is 13.3. The molecule has 0 bridgehead atoms. The Labute approximate surface area is 286 Å². The topological polar surface area (TPSA) is 189 Å². The zero-order valence-electron chi connectivity index (χ0n) is 28.0. The van der Waals surface area contributed by atoms with E-state index in [2.05, 4.69) is 85.4 Å². The molecule has 1 amide bonds. The quantitative estimate of drug-likeness (QED) is 0.157. The summed E-state index contributed by atoms with van der Waals surface area (Å²) in [7, 11) is 0. The van der Waals surface area contributed by atoms with E-state index >= 15 is 0 Å². The van der Waals surface area contributed by atoms with Gasteiger partial charge in [-0.05, 0) is 67.3 Å². The highest BCUT2D eigenvalue weighted by Crippen LogP contribution is 2.47. The third kappa shape index (κ3) is 5.91. The van der Waals surface area contributed by atoms with Gasteiger partial charge in [0.15, 0.2) is 22.6 Å². The molecular weight excluding hydrogens is 636 g/mol. The average molecular weight is 677 g/mol. The number of fused-ring (bicyclic) bond motifs is 6. The Hall–Kier alpha value is -5.44. The van der Waals surface area contributed by atoms with Gasteiger partial charge in [0.1, 0.15) is 11.6 Å². The van der Waals surface area contributed by atoms with Gasteiger partial charge in [0.25, 0.3) is 0 Å². The maximum absolute atomic E-state index is 10.0. The van der Waals surface area contributed by atoms with Crippen LogP contribution in [0.4, 0.5) is 4.79 Å². The molecule has 0 spiro atoms. The van der Waals surface area contributed by atoms with E-state index < -0.39 is 6.09 Å². The Bertz CT molecular complexity index is 2110. The van der Waals surface area contributed by atoms with E-state index in [-0.39, 0.29) is 12.2 Å². The van der Waals surface area contributed by atoms with Crippen LogP contribution in [-0.4, -0.2) is 77.5 Å². The first-order valence-electron chi connectivity index (χ1n) is 17.4. The van der Waals surface area contributed by atoms with Crippen LogP contribution in [0.25, 0.3) is 33.6 Å². The molecule has 0 aromatic carbocycles. The van der Waals surface area contributed by atoms with Gasteiger partial charge in [-0.2, -0.15) is 0 Å². The molecule has 0 saturated heterocycles. The summed E-state index contributed by atoms with van der Waals surface area (Å²) in [6.45, 7) is 4.89. The van der Waals surface area contributed by atoms with Crippen molar-refractivity contribution in [2.75, 3.05) is 0 Å².